The van der Waals surface area contributed by atoms with E-state index in [1.165, 1.54) is 13.2 Å². The third-order valence-corrected chi connectivity index (χ3v) is 1.73. The van der Waals surface area contributed by atoms with E-state index in [2.05, 4.69) is 6.47 Å². The molecule has 0 aliphatic rings. The van der Waals surface area contributed by atoms with Crippen molar-refractivity contribution in [2.75, 3.05) is 7.11 Å². The minimum absolute atomic E-state index is 0.252. The van der Waals surface area contributed by atoms with E-state index >= 15 is 0 Å². The van der Waals surface area contributed by atoms with E-state index in [1.807, 2.05) is 0 Å². The van der Waals surface area contributed by atoms with Crippen molar-refractivity contribution in [2.24, 2.45) is 0 Å². The Morgan fingerprint density at radius 3 is 2.67 bits per heavy atom. The summed E-state index contributed by atoms with van der Waals surface area (Å²) in [5, 5.41) is 0. The predicted molar refractivity (Wildman–Crippen MR) is 50.2 cm³/mol. The summed E-state index contributed by atoms with van der Waals surface area (Å²) in [5.41, 5.74) is 1.42. The van der Waals surface area contributed by atoms with Crippen molar-refractivity contribution < 1.29 is 9.13 Å². The molecule has 0 unspecified atom stereocenters. The van der Waals surface area contributed by atoms with Crippen LogP contribution in [0.15, 0.2) is 12.1 Å². The number of hydrogen-bond donors (Lipinski definition) is 0. The molecule has 62 valence electrons. The van der Waals surface area contributed by atoms with Gasteiger partial charge in [0.15, 0.2) is 0 Å². The molecule has 0 spiro atoms. The first kappa shape index (κ1) is 8.98. The summed E-state index contributed by atoms with van der Waals surface area (Å²) in [6, 6.07) is 3.08. The Morgan fingerprint density at radius 2 is 2.17 bits per heavy atom. The second-order valence-electron chi connectivity index (χ2n) is 2.55. The Balaban J connectivity index is 3.28. The Hall–Kier alpha value is -1.12. The Kier molecular flexibility index (Phi) is 2.63. The van der Waals surface area contributed by atoms with Gasteiger partial charge in [0.1, 0.15) is 0 Å². The van der Waals surface area contributed by atoms with Crippen molar-refractivity contribution in [1.82, 2.24) is 0 Å². The molecule has 0 heterocycles. The molecule has 0 aromatic heterocycles. The molecule has 1 rings (SSSR count). The quantitative estimate of drug-likeness (QED) is 0.590. The van der Waals surface area contributed by atoms with Crippen molar-refractivity contribution in [3.8, 4) is 5.75 Å². The third-order valence-electron chi connectivity index (χ3n) is 1.73. The minimum atomic E-state index is -0.252. The van der Waals surface area contributed by atoms with E-state index in [1.54, 1.807) is 19.9 Å². The molecule has 1 aromatic rings. The van der Waals surface area contributed by atoms with Gasteiger partial charge in [-0.3, -0.25) is 0 Å². The summed E-state index contributed by atoms with van der Waals surface area (Å²) >= 11 is 0. The van der Waals surface area contributed by atoms with Gasteiger partial charge in [-0.1, -0.05) is 0 Å². The van der Waals surface area contributed by atoms with E-state index in [0.717, 1.165) is 5.46 Å². The van der Waals surface area contributed by atoms with Crippen molar-refractivity contribution in [3.05, 3.63) is 23.5 Å². The topological polar surface area (TPSA) is 9.23 Å². The fourth-order valence-electron chi connectivity index (χ4n) is 1.02. The summed E-state index contributed by atoms with van der Waals surface area (Å²) in [5.74, 6) is 0.269. The monoisotopic (exact) mass is 164 g/mol. The second-order valence-corrected chi connectivity index (χ2v) is 2.55. The van der Waals surface area contributed by atoms with Crippen LogP contribution in [0.4, 0.5) is 4.39 Å². The third kappa shape index (κ3) is 1.55. The van der Waals surface area contributed by atoms with Crippen molar-refractivity contribution >= 4 is 18.9 Å². The average Bonchev–Trinajstić information content (AvgIpc) is 2.09. The van der Waals surface area contributed by atoms with Crippen molar-refractivity contribution in [3.63, 3.8) is 0 Å². The summed E-state index contributed by atoms with van der Waals surface area (Å²) in [4.78, 5) is 0. The van der Waals surface area contributed by atoms with Gasteiger partial charge in [0, 0.05) is 0 Å². The van der Waals surface area contributed by atoms with E-state index in [4.69, 9.17) is 4.74 Å². The summed E-state index contributed by atoms with van der Waals surface area (Å²) in [6.45, 7) is 6.96. The molecule has 0 bridgehead atoms. The fourth-order valence-corrected chi connectivity index (χ4v) is 1.02. The molecule has 0 fully saturated rings. The number of methoxy groups -OCH3 is 1. The number of ether oxygens (including phenoxy) is 1. The molecule has 0 radical (unpaired) electrons. The van der Waals surface area contributed by atoms with Crippen LogP contribution >= 0.6 is 0 Å². The van der Waals surface area contributed by atoms with E-state index in [0.29, 0.717) is 11.3 Å². The van der Waals surface area contributed by atoms with Gasteiger partial charge >= 0.3 is 71.3 Å². The van der Waals surface area contributed by atoms with Crippen LogP contribution in [0.3, 0.4) is 0 Å². The zero-order chi connectivity index (χ0) is 9.14. The molecule has 3 heteroatoms. The molecular formula is C9H10BFO. The number of hydrogen-bond acceptors (Lipinski definition) is 1. The Morgan fingerprint density at radius 1 is 1.50 bits per heavy atom. The molecule has 1 nitrogen and oxygen atoms in total. The molecule has 0 saturated carbocycles. The first-order chi connectivity index (χ1) is 5.69. The van der Waals surface area contributed by atoms with Gasteiger partial charge in [-0.25, -0.2) is 0 Å². The summed E-state index contributed by atoms with van der Waals surface area (Å²) in [7, 11) is 1.51. The van der Waals surface area contributed by atoms with Gasteiger partial charge in [-0.15, -0.1) is 0 Å². The standard InChI is InChI=1S/C9H10BFO/c1-6-4-7(10-2)9(12-3)5-8(6)11/h4-5H,2H2,1,3H3. The molecule has 0 aliphatic carbocycles. The number of halogens is 1. The summed E-state index contributed by atoms with van der Waals surface area (Å²) in [6.07, 6.45) is 0. The molecular weight excluding hydrogens is 154 g/mol. The van der Waals surface area contributed by atoms with Gasteiger partial charge in [0.2, 0.25) is 0 Å². The molecule has 0 aliphatic heterocycles. The number of benzene rings is 1. The van der Waals surface area contributed by atoms with Gasteiger partial charge in [-0.2, -0.15) is 0 Å². The predicted octanol–water partition coefficient (Wildman–Crippen LogP) is 0.904. The molecule has 0 amide bonds. The molecule has 0 atom stereocenters. The van der Waals surface area contributed by atoms with Crippen LogP contribution in [0.1, 0.15) is 5.56 Å². The molecule has 0 N–H and O–H groups in total. The van der Waals surface area contributed by atoms with Crippen LogP contribution < -0.4 is 10.2 Å². The number of rotatable bonds is 2. The first-order valence-electron chi connectivity index (χ1n) is 3.65. The van der Waals surface area contributed by atoms with Gasteiger partial charge < -0.3 is 0 Å². The Labute approximate surface area is 72.1 Å². The van der Waals surface area contributed by atoms with Crippen LogP contribution in [0.25, 0.3) is 0 Å². The van der Waals surface area contributed by atoms with Gasteiger partial charge in [0.25, 0.3) is 0 Å². The van der Waals surface area contributed by atoms with E-state index in [-0.39, 0.29) is 5.82 Å². The maximum atomic E-state index is 13.0. The zero-order valence-electron chi connectivity index (χ0n) is 7.23. The van der Waals surface area contributed by atoms with Crippen LogP contribution in [-0.2, 0) is 0 Å². The van der Waals surface area contributed by atoms with Crippen LogP contribution in [0.5, 0.6) is 5.75 Å². The zero-order valence-corrected chi connectivity index (χ0v) is 7.23. The first-order valence-corrected chi connectivity index (χ1v) is 3.65. The van der Waals surface area contributed by atoms with Crippen molar-refractivity contribution in [2.45, 2.75) is 6.92 Å². The fraction of sp³-hybridized carbons (Fsp3) is 0.222. The molecule has 12 heavy (non-hydrogen) atoms. The maximum absolute atomic E-state index is 13.0. The van der Waals surface area contributed by atoms with Crippen LogP contribution in [0, 0.1) is 12.7 Å². The second kappa shape index (κ2) is 3.52. The molecule has 0 saturated heterocycles. The van der Waals surface area contributed by atoms with Gasteiger partial charge in [0.05, 0.1) is 0 Å². The summed E-state index contributed by atoms with van der Waals surface area (Å²) < 4.78 is 17.9. The van der Waals surface area contributed by atoms with Crippen LogP contribution in [-0.4, -0.2) is 20.5 Å². The molecule has 1 aromatic carbocycles. The SMILES string of the molecule is C=Bc1cc(C)c(F)cc1OC. The van der Waals surface area contributed by atoms with E-state index in [9.17, 15) is 4.39 Å². The number of aryl methyl sites for hydroxylation is 1. The van der Waals surface area contributed by atoms with E-state index < -0.39 is 0 Å². The van der Waals surface area contributed by atoms with Gasteiger partial charge in [-0.05, 0) is 0 Å². The normalized spacial score (nSPS) is 9.25. The Bertz CT molecular complexity index is 310. The van der Waals surface area contributed by atoms with Crippen molar-refractivity contribution in [1.29, 1.82) is 0 Å². The van der Waals surface area contributed by atoms with Crippen LogP contribution in [0.2, 0.25) is 0 Å². The average molecular weight is 164 g/mol.